The van der Waals surface area contributed by atoms with Crippen molar-refractivity contribution in [3.63, 3.8) is 0 Å². The Morgan fingerprint density at radius 1 is 1.04 bits per heavy atom. The molecule has 0 aliphatic carbocycles. The summed E-state index contributed by atoms with van der Waals surface area (Å²) in [5, 5.41) is 5.65. The van der Waals surface area contributed by atoms with Gasteiger partial charge in [0.15, 0.2) is 5.69 Å². The van der Waals surface area contributed by atoms with Crippen LogP contribution in [-0.4, -0.2) is 23.0 Å². The molecule has 8 heteroatoms. The lowest BCUT2D eigenvalue weighted by Crippen LogP contribution is -2.13. The van der Waals surface area contributed by atoms with E-state index in [-0.39, 0.29) is 25.6 Å². The predicted octanol–water partition coefficient (Wildman–Crippen LogP) is 5.30. The number of halogens is 4. The molecule has 138 valence electrons. The second kappa shape index (κ2) is 7.57. The highest BCUT2D eigenvalue weighted by Crippen LogP contribution is 2.31. The Labute approximate surface area is 156 Å². The number of hydrogen-bond acceptors (Lipinski definition) is 3. The van der Waals surface area contributed by atoms with Gasteiger partial charge < -0.3 is 9.47 Å². The molecular weight excluding hydrogens is 413 g/mol. The molecule has 0 saturated carbocycles. The third-order valence-corrected chi connectivity index (χ3v) is 4.16. The maximum atomic E-state index is 12.8. The maximum absolute atomic E-state index is 12.8. The van der Waals surface area contributed by atoms with Gasteiger partial charge in [0.1, 0.15) is 12.4 Å². The molecule has 0 spiro atoms. The van der Waals surface area contributed by atoms with Gasteiger partial charge in [-0.3, -0.25) is 0 Å². The van der Waals surface area contributed by atoms with Crippen LogP contribution in [0.2, 0.25) is 0 Å². The fraction of sp³-hybridized carbons (Fsp3) is 0.278. The Kier molecular flexibility index (Phi) is 5.41. The molecule has 3 aromatic rings. The van der Waals surface area contributed by atoms with Gasteiger partial charge in [-0.05, 0) is 42.0 Å². The Balaban J connectivity index is 1.69. The lowest BCUT2D eigenvalue weighted by molar-refractivity contribution is -0.141. The van der Waals surface area contributed by atoms with Crippen LogP contribution >= 0.6 is 15.9 Å². The summed E-state index contributed by atoms with van der Waals surface area (Å²) in [6.07, 6.45) is -4.51. The van der Waals surface area contributed by atoms with Crippen LogP contribution in [0.3, 0.4) is 0 Å². The van der Waals surface area contributed by atoms with Gasteiger partial charge in [0.2, 0.25) is 5.88 Å². The molecule has 0 radical (unpaired) electrons. The van der Waals surface area contributed by atoms with E-state index in [1.54, 1.807) is 6.92 Å². The van der Waals surface area contributed by atoms with E-state index >= 15 is 0 Å². The van der Waals surface area contributed by atoms with Crippen molar-refractivity contribution in [1.82, 2.24) is 9.78 Å². The molecule has 4 nitrogen and oxygen atoms in total. The second-order valence-electron chi connectivity index (χ2n) is 5.52. The molecule has 1 aromatic heterocycles. The van der Waals surface area contributed by atoms with Crippen molar-refractivity contribution in [2.45, 2.75) is 19.6 Å². The minimum atomic E-state index is -4.51. The van der Waals surface area contributed by atoms with Gasteiger partial charge in [-0.2, -0.15) is 18.3 Å². The summed E-state index contributed by atoms with van der Waals surface area (Å²) >= 11 is 3.42. The van der Waals surface area contributed by atoms with E-state index in [0.29, 0.717) is 5.75 Å². The molecule has 0 fully saturated rings. The minimum absolute atomic E-state index is 0.0757. The second-order valence-corrected chi connectivity index (χ2v) is 6.44. The van der Waals surface area contributed by atoms with E-state index < -0.39 is 11.9 Å². The number of hydrogen-bond donors (Lipinski definition) is 0. The molecule has 0 saturated heterocycles. The first kappa shape index (κ1) is 18.6. The highest BCUT2D eigenvalue weighted by Gasteiger charge is 2.35. The van der Waals surface area contributed by atoms with E-state index in [9.17, 15) is 13.2 Å². The summed E-state index contributed by atoms with van der Waals surface area (Å²) in [4.78, 5) is 0. The zero-order valence-corrected chi connectivity index (χ0v) is 15.5. The molecule has 0 bridgehead atoms. The fourth-order valence-corrected chi connectivity index (χ4v) is 2.88. The van der Waals surface area contributed by atoms with E-state index in [1.807, 2.05) is 36.4 Å². The quantitative estimate of drug-likeness (QED) is 0.534. The summed E-state index contributed by atoms with van der Waals surface area (Å²) in [6.45, 7) is 2.27. The van der Waals surface area contributed by atoms with Gasteiger partial charge in [0.05, 0.1) is 13.2 Å². The van der Waals surface area contributed by atoms with Crippen LogP contribution in [0.1, 0.15) is 12.6 Å². The van der Waals surface area contributed by atoms with E-state index in [2.05, 4.69) is 21.0 Å². The zero-order valence-electron chi connectivity index (χ0n) is 13.9. The third kappa shape index (κ3) is 4.30. The van der Waals surface area contributed by atoms with Crippen molar-refractivity contribution in [1.29, 1.82) is 0 Å². The van der Waals surface area contributed by atoms with Crippen LogP contribution in [-0.2, 0) is 12.7 Å². The first-order valence-electron chi connectivity index (χ1n) is 7.97. The van der Waals surface area contributed by atoms with Crippen LogP contribution in [0.5, 0.6) is 11.6 Å². The molecule has 2 aromatic carbocycles. The van der Waals surface area contributed by atoms with Gasteiger partial charge in [-0.25, -0.2) is 4.68 Å². The van der Waals surface area contributed by atoms with Crippen LogP contribution in [0, 0.1) is 0 Å². The lowest BCUT2D eigenvalue weighted by atomic mass is 10.1. The molecule has 0 amide bonds. The lowest BCUT2D eigenvalue weighted by Gasteiger charge is -2.10. The van der Waals surface area contributed by atoms with Crippen molar-refractivity contribution in [3.8, 4) is 11.6 Å². The molecule has 26 heavy (non-hydrogen) atoms. The normalized spacial score (nSPS) is 11.7. The van der Waals surface area contributed by atoms with Crippen LogP contribution < -0.4 is 9.47 Å². The number of alkyl halides is 3. The van der Waals surface area contributed by atoms with Gasteiger partial charge >= 0.3 is 6.18 Å². The smallest absolute Gasteiger partial charge is 0.435 e. The molecule has 0 aliphatic heterocycles. The van der Waals surface area contributed by atoms with E-state index in [4.69, 9.17) is 9.47 Å². The Bertz CT molecular complexity index is 909. The number of ether oxygens (including phenoxy) is 2. The minimum Gasteiger partial charge on any atom is -0.492 e. The summed E-state index contributed by atoms with van der Waals surface area (Å²) < 4.78 is 51.5. The maximum Gasteiger partial charge on any atom is 0.435 e. The van der Waals surface area contributed by atoms with Gasteiger partial charge in [-0.1, -0.05) is 28.1 Å². The van der Waals surface area contributed by atoms with Crippen molar-refractivity contribution in [3.05, 3.63) is 52.6 Å². The predicted molar refractivity (Wildman–Crippen MR) is 95.5 cm³/mol. The molecular formula is C18H16BrF3N2O2. The standard InChI is InChI=1S/C18H16BrF3N2O2/c1-2-25-17-11-16(18(20,21)22)23-24(17)7-8-26-15-6-4-12-9-14(19)5-3-13(12)10-15/h3-6,9-11H,2,7-8H2,1H3. The average molecular weight is 429 g/mol. The van der Waals surface area contributed by atoms with Gasteiger partial charge in [0, 0.05) is 10.5 Å². The number of rotatable bonds is 6. The summed E-state index contributed by atoms with van der Waals surface area (Å²) in [5.41, 5.74) is -0.975. The Morgan fingerprint density at radius 2 is 1.77 bits per heavy atom. The van der Waals surface area contributed by atoms with Gasteiger partial charge in [0.25, 0.3) is 0 Å². The monoisotopic (exact) mass is 428 g/mol. The largest absolute Gasteiger partial charge is 0.492 e. The average Bonchev–Trinajstić information content (AvgIpc) is 2.99. The van der Waals surface area contributed by atoms with E-state index in [0.717, 1.165) is 21.3 Å². The molecule has 0 unspecified atom stereocenters. The topological polar surface area (TPSA) is 36.3 Å². The highest BCUT2D eigenvalue weighted by molar-refractivity contribution is 9.10. The van der Waals surface area contributed by atoms with Crippen LogP contribution in [0.4, 0.5) is 13.2 Å². The molecule has 3 rings (SSSR count). The fourth-order valence-electron chi connectivity index (χ4n) is 2.50. The SMILES string of the molecule is CCOc1cc(C(F)(F)F)nn1CCOc1ccc2cc(Br)ccc2c1. The molecule has 0 atom stereocenters. The summed E-state index contributed by atoms with van der Waals surface area (Å²) in [6, 6.07) is 12.4. The zero-order chi connectivity index (χ0) is 18.7. The molecule has 1 heterocycles. The number of nitrogens with zero attached hydrogens (tertiary/aromatic N) is 2. The van der Waals surface area contributed by atoms with Gasteiger partial charge in [-0.15, -0.1) is 0 Å². The Morgan fingerprint density at radius 3 is 2.50 bits per heavy atom. The van der Waals surface area contributed by atoms with Crippen molar-refractivity contribution < 1.29 is 22.6 Å². The molecule has 0 aliphatic rings. The first-order valence-corrected chi connectivity index (χ1v) is 8.76. The van der Waals surface area contributed by atoms with E-state index in [1.165, 1.54) is 4.68 Å². The van der Waals surface area contributed by atoms with Crippen LogP contribution in [0.25, 0.3) is 10.8 Å². The summed E-state index contributed by atoms with van der Waals surface area (Å²) in [7, 11) is 0. The Hall–Kier alpha value is -2.22. The van der Waals surface area contributed by atoms with Crippen molar-refractivity contribution in [2.24, 2.45) is 0 Å². The third-order valence-electron chi connectivity index (χ3n) is 3.67. The van der Waals surface area contributed by atoms with Crippen molar-refractivity contribution >= 4 is 26.7 Å². The molecule has 0 N–H and O–H groups in total. The highest BCUT2D eigenvalue weighted by atomic mass is 79.9. The number of benzene rings is 2. The number of aromatic nitrogens is 2. The summed E-state index contributed by atoms with van der Waals surface area (Å²) in [5.74, 6) is 0.716. The van der Waals surface area contributed by atoms with Crippen LogP contribution in [0.15, 0.2) is 46.9 Å². The number of fused-ring (bicyclic) bond motifs is 1. The first-order chi connectivity index (χ1) is 12.4. The van der Waals surface area contributed by atoms with Crippen molar-refractivity contribution in [2.75, 3.05) is 13.2 Å².